The van der Waals surface area contributed by atoms with Crippen molar-refractivity contribution >= 4 is 40.5 Å². The quantitative estimate of drug-likeness (QED) is 0.433. The second-order valence-corrected chi connectivity index (χ2v) is 9.35. The molecule has 12 heteroatoms. The number of nitrogens with zero attached hydrogens (tertiary/aromatic N) is 3. The van der Waals surface area contributed by atoms with Gasteiger partial charge in [-0.3, -0.25) is 14.9 Å². The number of hydrogen-bond donors (Lipinski definition) is 3. The zero-order valence-electron chi connectivity index (χ0n) is 20.3. The molecule has 5 heterocycles. The van der Waals surface area contributed by atoms with Gasteiger partial charge in [0.25, 0.3) is 11.8 Å². The number of aromatic nitrogens is 1. The van der Waals surface area contributed by atoms with E-state index >= 15 is 0 Å². The highest BCUT2D eigenvalue weighted by Crippen LogP contribution is 2.35. The molecule has 2 aromatic heterocycles. The van der Waals surface area contributed by atoms with E-state index in [0.717, 1.165) is 11.3 Å². The van der Waals surface area contributed by atoms with Crippen molar-refractivity contribution in [2.75, 3.05) is 19.0 Å². The van der Waals surface area contributed by atoms with Gasteiger partial charge < -0.3 is 29.5 Å². The molecule has 3 aromatic rings. The number of oxime groups is 1. The molecule has 3 unspecified atom stereocenters. The van der Waals surface area contributed by atoms with Crippen molar-refractivity contribution in [2.45, 2.75) is 38.1 Å². The average Bonchev–Trinajstić information content (AvgIpc) is 3.61. The number of anilines is 1. The molecule has 6 rings (SSSR count). The highest BCUT2D eigenvalue weighted by molar-refractivity contribution is 6.08. The first-order chi connectivity index (χ1) is 17.8. The summed E-state index contributed by atoms with van der Waals surface area (Å²) in [5, 5.41) is 12.3. The fraction of sp³-hybridized carbons (Fsp3) is 0.320. The number of ether oxygens (including phenoxy) is 1. The molecule has 0 spiro atoms. The first-order valence-corrected chi connectivity index (χ1v) is 11.7. The Bertz CT molecular complexity index is 1500. The topological polar surface area (TPSA) is 147 Å². The molecule has 4 amide bonds. The van der Waals surface area contributed by atoms with Crippen LogP contribution in [0.4, 0.5) is 10.6 Å². The second-order valence-electron chi connectivity index (χ2n) is 9.35. The lowest BCUT2D eigenvalue weighted by molar-refractivity contribution is -0.125. The van der Waals surface area contributed by atoms with Crippen molar-refractivity contribution in [2.24, 2.45) is 5.16 Å². The van der Waals surface area contributed by atoms with Gasteiger partial charge in [-0.25, -0.2) is 9.78 Å². The third kappa shape index (κ3) is 3.63. The van der Waals surface area contributed by atoms with Gasteiger partial charge >= 0.3 is 6.03 Å². The Morgan fingerprint density at radius 3 is 2.76 bits per heavy atom. The number of carbonyl (C=O) groups excluding carboxylic acids is 3. The molecular formula is C25H24N6O6. The van der Waals surface area contributed by atoms with E-state index in [1.54, 1.807) is 30.3 Å². The average molecular weight is 505 g/mol. The Labute approximate surface area is 211 Å². The minimum absolute atomic E-state index is 0.127. The number of nitrogens with one attached hydrogen (secondary N) is 3. The third-order valence-corrected chi connectivity index (χ3v) is 6.95. The maximum Gasteiger partial charge on any atom is 0.322 e. The lowest BCUT2D eigenvalue weighted by Gasteiger charge is -2.28. The number of imide groups is 1. The molecule has 0 saturated carbocycles. The predicted molar refractivity (Wildman–Crippen MR) is 131 cm³/mol. The first-order valence-electron chi connectivity index (χ1n) is 11.7. The van der Waals surface area contributed by atoms with Crippen LogP contribution in [0.25, 0.3) is 11.1 Å². The molecule has 1 aromatic carbocycles. The lowest BCUT2D eigenvalue weighted by atomic mass is 9.95. The standard InChI is InChI=1S/C25H24N6O6/c1-12-21(13(2)37-30-12)27-20-7-6-18-17(26-20)9-19(36-18)25(23(33)28-24(34)29-25)11-31-10-14-4-5-15(35-3)8-16(14)22(31)32/h4-9,13,21H,10-11H2,1-3H3,(H,26,27)(H2,28,29,33,34). The van der Waals surface area contributed by atoms with Gasteiger partial charge in [-0.2, -0.15) is 0 Å². The Kier molecular flexibility index (Phi) is 5.07. The third-order valence-electron chi connectivity index (χ3n) is 6.95. The number of benzene rings is 1. The Morgan fingerprint density at radius 2 is 2.05 bits per heavy atom. The zero-order chi connectivity index (χ0) is 25.9. The number of furan rings is 1. The molecule has 0 bridgehead atoms. The van der Waals surface area contributed by atoms with Gasteiger partial charge in [0.15, 0.2) is 11.1 Å². The molecule has 3 aliphatic heterocycles. The highest BCUT2D eigenvalue weighted by atomic mass is 16.6. The summed E-state index contributed by atoms with van der Waals surface area (Å²) in [6.45, 7) is 3.93. The minimum Gasteiger partial charge on any atom is -0.497 e. The zero-order valence-corrected chi connectivity index (χ0v) is 20.3. The SMILES string of the molecule is COc1ccc2c(c1)C(=O)N(CC1(c3cc4nc(NC5C(C)=NOC5C)ccc4o3)NC(=O)NC1=O)C2. The molecular weight excluding hydrogens is 480 g/mol. The van der Waals surface area contributed by atoms with Crippen molar-refractivity contribution in [1.82, 2.24) is 20.5 Å². The summed E-state index contributed by atoms with van der Waals surface area (Å²) >= 11 is 0. The van der Waals surface area contributed by atoms with E-state index in [9.17, 15) is 14.4 Å². The van der Waals surface area contributed by atoms with E-state index in [1.165, 1.54) is 12.0 Å². The number of fused-ring (bicyclic) bond motifs is 2. The van der Waals surface area contributed by atoms with Crippen molar-refractivity contribution in [1.29, 1.82) is 0 Å². The predicted octanol–water partition coefficient (Wildman–Crippen LogP) is 2.10. The monoisotopic (exact) mass is 504 g/mol. The van der Waals surface area contributed by atoms with E-state index < -0.39 is 17.5 Å². The fourth-order valence-electron chi connectivity index (χ4n) is 4.95. The molecule has 0 radical (unpaired) electrons. The van der Waals surface area contributed by atoms with Crippen molar-refractivity contribution in [3.05, 3.63) is 53.3 Å². The van der Waals surface area contributed by atoms with Gasteiger partial charge in [-0.05, 0) is 43.7 Å². The molecule has 37 heavy (non-hydrogen) atoms. The summed E-state index contributed by atoms with van der Waals surface area (Å²) in [5.41, 5.74) is 1.39. The van der Waals surface area contributed by atoms with E-state index in [2.05, 4.69) is 26.1 Å². The summed E-state index contributed by atoms with van der Waals surface area (Å²) in [6, 6.07) is 9.54. The molecule has 190 valence electrons. The molecule has 12 nitrogen and oxygen atoms in total. The van der Waals surface area contributed by atoms with Gasteiger partial charge in [0.2, 0.25) is 0 Å². The Balaban J connectivity index is 1.33. The molecule has 0 aliphatic carbocycles. The van der Waals surface area contributed by atoms with E-state index in [4.69, 9.17) is 14.0 Å². The first kappa shape index (κ1) is 22.8. The van der Waals surface area contributed by atoms with Gasteiger partial charge in [-0.1, -0.05) is 11.2 Å². The maximum atomic E-state index is 13.2. The van der Waals surface area contributed by atoms with Crippen LogP contribution in [0.15, 0.2) is 46.0 Å². The summed E-state index contributed by atoms with van der Waals surface area (Å²) in [6.07, 6.45) is -0.153. The molecule has 3 atom stereocenters. The van der Waals surface area contributed by atoms with Gasteiger partial charge in [0, 0.05) is 18.2 Å². The lowest BCUT2D eigenvalue weighted by Crippen LogP contribution is -2.52. The number of methoxy groups -OCH3 is 1. The van der Waals surface area contributed by atoms with Crippen LogP contribution in [0, 0.1) is 0 Å². The normalized spacial score (nSPS) is 24.6. The Hall–Kier alpha value is -4.61. The van der Waals surface area contributed by atoms with Crippen molar-refractivity contribution < 1.29 is 28.4 Å². The van der Waals surface area contributed by atoms with Gasteiger partial charge in [-0.15, -0.1) is 0 Å². The van der Waals surface area contributed by atoms with Crippen LogP contribution in [-0.4, -0.2) is 59.2 Å². The number of urea groups is 1. The maximum absolute atomic E-state index is 13.2. The van der Waals surface area contributed by atoms with E-state index in [1.807, 2.05) is 19.9 Å². The van der Waals surface area contributed by atoms with E-state index in [0.29, 0.717) is 28.2 Å². The van der Waals surface area contributed by atoms with Crippen molar-refractivity contribution in [3.8, 4) is 5.75 Å². The smallest absolute Gasteiger partial charge is 0.322 e. The summed E-state index contributed by atoms with van der Waals surface area (Å²) in [4.78, 5) is 50.1. The van der Waals surface area contributed by atoms with Gasteiger partial charge in [0.1, 0.15) is 35.0 Å². The van der Waals surface area contributed by atoms with Crippen LogP contribution in [-0.2, 0) is 21.7 Å². The summed E-state index contributed by atoms with van der Waals surface area (Å²) < 4.78 is 11.3. The van der Waals surface area contributed by atoms with Gasteiger partial charge in [0.05, 0.1) is 19.4 Å². The summed E-state index contributed by atoms with van der Waals surface area (Å²) in [7, 11) is 1.53. The van der Waals surface area contributed by atoms with Crippen LogP contribution in [0.5, 0.6) is 5.75 Å². The van der Waals surface area contributed by atoms with Crippen molar-refractivity contribution in [3.63, 3.8) is 0 Å². The van der Waals surface area contributed by atoms with E-state index in [-0.39, 0.29) is 36.9 Å². The fourth-order valence-corrected chi connectivity index (χ4v) is 4.95. The molecule has 3 N–H and O–H groups in total. The number of rotatable bonds is 6. The summed E-state index contributed by atoms with van der Waals surface area (Å²) in [5.74, 6) is 0.424. The van der Waals surface area contributed by atoms with Crippen LogP contribution < -0.4 is 20.7 Å². The van der Waals surface area contributed by atoms with Crippen LogP contribution in [0.2, 0.25) is 0 Å². The highest BCUT2D eigenvalue weighted by Gasteiger charge is 2.53. The second kappa shape index (κ2) is 8.22. The number of pyridine rings is 1. The van der Waals surface area contributed by atoms with Crippen LogP contribution in [0.1, 0.15) is 35.5 Å². The molecule has 3 aliphatic rings. The number of hydrogen-bond acceptors (Lipinski definition) is 9. The largest absolute Gasteiger partial charge is 0.497 e. The van der Waals surface area contributed by atoms with Crippen LogP contribution >= 0.6 is 0 Å². The Morgan fingerprint density at radius 1 is 1.22 bits per heavy atom. The molecule has 1 fully saturated rings. The van der Waals surface area contributed by atoms with Crippen LogP contribution in [0.3, 0.4) is 0 Å². The molecule has 1 saturated heterocycles. The number of amides is 4. The minimum atomic E-state index is -1.62. The number of carbonyl (C=O) groups is 3.